The van der Waals surface area contributed by atoms with E-state index in [2.05, 4.69) is 26.2 Å². The molecular formula is C13H13BrN2O. The van der Waals surface area contributed by atoms with Crippen LogP contribution in [-0.2, 0) is 6.54 Å². The predicted molar refractivity (Wildman–Crippen MR) is 72.3 cm³/mol. The van der Waals surface area contributed by atoms with Crippen molar-refractivity contribution in [2.24, 2.45) is 0 Å². The second-order valence-electron chi connectivity index (χ2n) is 3.59. The molecule has 3 nitrogen and oxygen atoms in total. The number of ether oxygens (including phenoxy) is 1. The van der Waals surface area contributed by atoms with Crippen molar-refractivity contribution in [1.29, 1.82) is 0 Å². The van der Waals surface area contributed by atoms with Crippen molar-refractivity contribution in [3.63, 3.8) is 0 Å². The Morgan fingerprint density at radius 2 is 2.24 bits per heavy atom. The predicted octanol–water partition coefficient (Wildman–Crippen LogP) is 3.46. The minimum atomic E-state index is 0.743. The fourth-order valence-corrected chi connectivity index (χ4v) is 1.96. The van der Waals surface area contributed by atoms with Crippen LogP contribution in [0.5, 0.6) is 5.75 Å². The third kappa shape index (κ3) is 3.46. The Balaban J connectivity index is 2.06. The van der Waals surface area contributed by atoms with Gasteiger partial charge in [0, 0.05) is 35.2 Å². The molecule has 1 aromatic carbocycles. The van der Waals surface area contributed by atoms with Crippen LogP contribution >= 0.6 is 15.9 Å². The summed E-state index contributed by atoms with van der Waals surface area (Å²) in [5.41, 5.74) is 2.16. The minimum absolute atomic E-state index is 0.743. The van der Waals surface area contributed by atoms with E-state index in [9.17, 15) is 0 Å². The van der Waals surface area contributed by atoms with Gasteiger partial charge in [-0.05, 0) is 23.8 Å². The summed E-state index contributed by atoms with van der Waals surface area (Å²) in [5, 5.41) is 3.33. The van der Waals surface area contributed by atoms with E-state index in [0.717, 1.165) is 28.0 Å². The van der Waals surface area contributed by atoms with Gasteiger partial charge in [0.05, 0.1) is 7.11 Å². The van der Waals surface area contributed by atoms with E-state index in [0.29, 0.717) is 0 Å². The van der Waals surface area contributed by atoms with E-state index in [1.54, 1.807) is 13.3 Å². The molecule has 1 aromatic heterocycles. The molecule has 1 N–H and O–H groups in total. The Kier molecular flexibility index (Phi) is 3.98. The number of hydrogen-bond acceptors (Lipinski definition) is 3. The van der Waals surface area contributed by atoms with Gasteiger partial charge in [-0.2, -0.15) is 0 Å². The summed E-state index contributed by atoms with van der Waals surface area (Å²) >= 11 is 3.45. The Bertz CT molecular complexity index is 488. The maximum absolute atomic E-state index is 5.21. The first-order valence-electron chi connectivity index (χ1n) is 5.25. The number of nitrogens with one attached hydrogen (secondary N) is 1. The topological polar surface area (TPSA) is 34.1 Å². The van der Waals surface area contributed by atoms with E-state index in [1.807, 2.05) is 36.5 Å². The lowest BCUT2D eigenvalue weighted by Crippen LogP contribution is -1.99. The standard InChI is InChI=1S/C13H13BrN2O/c1-17-13-6-11(14)5-12(7-13)16-9-10-3-2-4-15-8-10/h2-8,16H,9H2,1H3. The first kappa shape index (κ1) is 11.9. The monoisotopic (exact) mass is 292 g/mol. The third-order valence-electron chi connectivity index (χ3n) is 2.33. The van der Waals surface area contributed by atoms with Crippen LogP contribution in [0.25, 0.3) is 0 Å². The van der Waals surface area contributed by atoms with Crippen molar-refractivity contribution >= 4 is 21.6 Å². The van der Waals surface area contributed by atoms with Crippen LogP contribution in [0.3, 0.4) is 0 Å². The summed E-state index contributed by atoms with van der Waals surface area (Å²) in [6, 6.07) is 9.86. The molecule has 0 unspecified atom stereocenters. The molecule has 0 fully saturated rings. The number of methoxy groups -OCH3 is 1. The molecule has 0 radical (unpaired) electrons. The van der Waals surface area contributed by atoms with Crippen molar-refractivity contribution in [3.05, 3.63) is 52.8 Å². The molecular weight excluding hydrogens is 280 g/mol. The van der Waals surface area contributed by atoms with E-state index < -0.39 is 0 Å². The van der Waals surface area contributed by atoms with Crippen LogP contribution in [0.2, 0.25) is 0 Å². The molecule has 0 aliphatic rings. The highest BCUT2D eigenvalue weighted by Crippen LogP contribution is 2.24. The van der Waals surface area contributed by atoms with Crippen LogP contribution in [0, 0.1) is 0 Å². The van der Waals surface area contributed by atoms with Gasteiger partial charge in [0.1, 0.15) is 5.75 Å². The van der Waals surface area contributed by atoms with Gasteiger partial charge in [-0.3, -0.25) is 4.98 Å². The van der Waals surface area contributed by atoms with Gasteiger partial charge >= 0.3 is 0 Å². The number of halogens is 1. The van der Waals surface area contributed by atoms with Crippen molar-refractivity contribution < 1.29 is 4.74 Å². The Morgan fingerprint density at radius 3 is 2.94 bits per heavy atom. The molecule has 0 aliphatic carbocycles. The molecule has 88 valence electrons. The number of aromatic nitrogens is 1. The second kappa shape index (κ2) is 5.68. The van der Waals surface area contributed by atoms with E-state index in [-0.39, 0.29) is 0 Å². The molecule has 2 aromatic rings. The Morgan fingerprint density at radius 1 is 1.35 bits per heavy atom. The fraction of sp³-hybridized carbons (Fsp3) is 0.154. The fourth-order valence-electron chi connectivity index (χ4n) is 1.49. The SMILES string of the molecule is COc1cc(Br)cc(NCc2cccnc2)c1. The van der Waals surface area contributed by atoms with Crippen LogP contribution in [0.4, 0.5) is 5.69 Å². The van der Waals surface area contributed by atoms with Gasteiger partial charge in [0.25, 0.3) is 0 Å². The number of hydrogen-bond donors (Lipinski definition) is 1. The van der Waals surface area contributed by atoms with Gasteiger partial charge in [-0.15, -0.1) is 0 Å². The minimum Gasteiger partial charge on any atom is -0.497 e. The van der Waals surface area contributed by atoms with Crippen molar-refractivity contribution in [2.75, 3.05) is 12.4 Å². The molecule has 0 saturated carbocycles. The zero-order valence-electron chi connectivity index (χ0n) is 9.48. The molecule has 2 rings (SSSR count). The number of rotatable bonds is 4. The summed E-state index contributed by atoms with van der Waals surface area (Å²) in [4.78, 5) is 4.07. The van der Waals surface area contributed by atoms with Gasteiger partial charge in [0.2, 0.25) is 0 Å². The van der Waals surface area contributed by atoms with Crippen LogP contribution < -0.4 is 10.1 Å². The molecule has 0 spiro atoms. The van der Waals surface area contributed by atoms with Crippen molar-refractivity contribution in [3.8, 4) is 5.75 Å². The first-order valence-corrected chi connectivity index (χ1v) is 6.04. The zero-order chi connectivity index (χ0) is 12.1. The largest absolute Gasteiger partial charge is 0.497 e. The summed E-state index contributed by atoms with van der Waals surface area (Å²) in [6.45, 7) is 0.743. The Hall–Kier alpha value is -1.55. The van der Waals surface area contributed by atoms with E-state index >= 15 is 0 Å². The molecule has 17 heavy (non-hydrogen) atoms. The van der Waals surface area contributed by atoms with E-state index in [4.69, 9.17) is 4.74 Å². The molecule has 1 heterocycles. The lowest BCUT2D eigenvalue weighted by molar-refractivity contribution is 0.414. The third-order valence-corrected chi connectivity index (χ3v) is 2.78. The van der Waals surface area contributed by atoms with Crippen molar-refractivity contribution in [2.45, 2.75) is 6.54 Å². The quantitative estimate of drug-likeness (QED) is 0.937. The van der Waals surface area contributed by atoms with E-state index in [1.165, 1.54) is 0 Å². The molecule has 0 amide bonds. The second-order valence-corrected chi connectivity index (χ2v) is 4.51. The highest BCUT2D eigenvalue weighted by atomic mass is 79.9. The van der Waals surface area contributed by atoms with Gasteiger partial charge in [0.15, 0.2) is 0 Å². The highest BCUT2D eigenvalue weighted by Gasteiger charge is 1.99. The number of benzene rings is 1. The molecule has 0 saturated heterocycles. The first-order chi connectivity index (χ1) is 8.28. The average molecular weight is 293 g/mol. The maximum Gasteiger partial charge on any atom is 0.122 e. The van der Waals surface area contributed by atoms with Crippen LogP contribution in [0.15, 0.2) is 47.2 Å². The number of anilines is 1. The molecule has 0 atom stereocenters. The molecule has 0 bridgehead atoms. The maximum atomic E-state index is 5.21. The van der Waals surface area contributed by atoms with Crippen molar-refractivity contribution in [1.82, 2.24) is 4.98 Å². The summed E-state index contributed by atoms with van der Waals surface area (Å²) < 4.78 is 6.20. The molecule has 0 aliphatic heterocycles. The summed E-state index contributed by atoms with van der Waals surface area (Å²) in [6.07, 6.45) is 3.62. The highest BCUT2D eigenvalue weighted by molar-refractivity contribution is 9.10. The lowest BCUT2D eigenvalue weighted by atomic mass is 10.2. The smallest absolute Gasteiger partial charge is 0.122 e. The average Bonchev–Trinajstić information content (AvgIpc) is 2.37. The van der Waals surface area contributed by atoms with Crippen LogP contribution in [-0.4, -0.2) is 12.1 Å². The number of nitrogens with zero attached hydrogens (tertiary/aromatic N) is 1. The Labute approximate surface area is 109 Å². The van der Waals surface area contributed by atoms with Crippen LogP contribution in [0.1, 0.15) is 5.56 Å². The van der Waals surface area contributed by atoms with Gasteiger partial charge < -0.3 is 10.1 Å². The zero-order valence-corrected chi connectivity index (χ0v) is 11.1. The normalized spacial score (nSPS) is 10.0. The summed E-state index contributed by atoms with van der Waals surface area (Å²) in [7, 11) is 1.66. The van der Waals surface area contributed by atoms with Gasteiger partial charge in [-0.25, -0.2) is 0 Å². The van der Waals surface area contributed by atoms with Gasteiger partial charge in [-0.1, -0.05) is 22.0 Å². The molecule has 4 heteroatoms. The lowest BCUT2D eigenvalue weighted by Gasteiger charge is -2.09. The summed E-state index contributed by atoms with van der Waals surface area (Å²) in [5.74, 6) is 0.827. The number of pyridine rings is 1.